The monoisotopic (exact) mass is 300 g/mol. The first kappa shape index (κ1) is 18.3. The van der Waals surface area contributed by atoms with Crippen molar-refractivity contribution >= 4 is 11.8 Å². The number of thioether (sulfide) groups is 1. The van der Waals surface area contributed by atoms with Crippen molar-refractivity contribution < 1.29 is 0 Å². The molecule has 0 aromatic heterocycles. The largest absolute Gasteiger partial charge is 0.308 e. The lowest BCUT2D eigenvalue weighted by Gasteiger charge is -2.51. The maximum absolute atomic E-state index is 3.87. The van der Waals surface area contributed by atoms with Crippen LogP contribution >= 0.6 is 11.8 Å². The van der Waals surface area contributed by atoms with E-state index in [2.05, 4.69) is 63.5 Å². The van der Waals surface area contributed by atoms with Crippen molar-refractivity contribution in [3.8, 4) is 0 Å². The minimum absolute atomic E-state index is 0.347. The first-order valence-corrected chi connectivity index (χ1v) is 9.61. The molecule has 1 atom stereocenters. The highest BCUT2D eigenvalue weighted by atomic mass is 32.2. The first-order chi connectivity index (χ1) is 9.38. The summed E-state index contributed by atoms with van der Waals surface area (Å²) in [6.45, 7) is 17.7. The first-order valence-electron chi connectivity index (χ1n) is 8.45. The Labute approximate surface area is 131 Å². The van der Waals surface area contributed by atoms with Crippen molar-refractivity contribution in [2.45, 2.75) is 72.4 Å². The third-order valence-electron chi connectivity index (χ3n) is 4.91. The Balaban J connectivity index is 2.68. The van der Waals surface area contributed by atoms with Gasteiger partial charge in [-0.05, 0) is 42.7 Å². The Hall–Kier alpha value is 0.270. The molecule has 1 aliphatic heterocycles. The van der Waals surface area contributed by atoms with Gasteiger partial charge < -0.3 is 5.32 Å². The molecule has 0 amide bonds. The smallest absolute Gasteiger partial charge is 0.0304 e. The van der Waals surface area contributed by atoms with Gasteiger partial charge in [0.2, 0.25) is 0 Å². The van der Waals surface area contributed by atoms with E-state index in [1.165, 1.54) is 43.9 Å². The molecule has 0 aliphatic carbocycles. The Morgan fingerprint density at radius 2 is 1.85 bits per heavy atom. The molecule has 0 spiro atoms. The van der Waals surface area contributed by atoms with Gasteiger partial charge >= 0.3 is 0 Å². The Bertz CT molecular complexity index is 269. The fraction of sp³-hybridized carbons (Fsp3) is 1.00. The molecule has 0 saturated carbocycles. The molecule has 1 N–H and O–H groups in total. The molecular formula is C17H36N2S. The van der Waals surface area contributed by atoms with E-state index in [4.69, 9.17) is 0 Å². The van der Waals surface area contributed by atoms with Gasteiger partial charge in [-0.15, -0.1) is 0 Å². The van der Waals surface area contributed by atoms with E-state index in [0.29, 0.717) is 17.0 Å². The van der Waals surface area contributed by atoms with Crippen LogP contribution in [-0.4, -0.2) is 47.6 Å². The summed E-state index contributed by atoms with van der Waals surface area (Å²) in [4.78, 5) is 2.78. The molecule has 1 heterocycles. The lowest BCUT2D eigenvalue weighted by molar-refractivity contribution is 0.0192. The van der Waals surface area contributed by atoms with E-state index >= 15 is 0 Å². The van der Waals surface area contributed by atoms with Gasteiger partial charge in [0, 0.05) is 24.7 Å². The summed E-state index contributed by atoms with van der Waals surface area (Å²) in [5.74, 6) is 2.56. The second-order valence-corrected chi connectivity index (χ2v) is 8.66. The van der Waals surface area contributed by atoms with Crippen molar-refractivity contribution in [2.24, 2.45) is 5.41 Å². The fourth-order valence-corrected chi connectivity index (χ4v) is 3.95. The third-order valence-corrected chi connectivity index (χ3v) is 5.89. The fourth-order valence-electron chi connectivity index (χ4n) is 3.32. The zero-order valence-corrected chi connectivity index (χ0v) is 15.4. The van der Waals surface area contributed by atoms with Crippen LogP contribution < -0.4 is 5.32 Å². The summed E-state index contributed by atoms with van der Waals surface area (Å²) >= 11 is 2.07. The number of hydrogen-bond donors (Lipinski definition) is 1. The maximum Gasteiger partial charge on any atom is 0.0304 e. The summed E-state index contributed by atoms with van der Waals surface area (Å²) in [6, 6.07) is 0.667. The van der Waals surface area contributed by atoms with Gasteiger partial charge in [-0.1, -0.05) is 41.5 Å². The molecule has 0 aromatic rings. The zero-order chi connectivity index (χ0) is 15.2. The van der Waals surface area contributed by atoms with Crippen LogP contribution in [0.25, 0.3) is 0 Å². The lowest BCUT2D eigenvalue weighted by atomic mass is 9.80. The van der Waals surface area contributed by atoms with Gasteiger partial charge in [0.15, 0.2) is 0 Å². The van der Waals surface area contributed by atoms with Gasteiger partial charge in [0.05, 0.1) is 0 Å². The van der Waals surface area contributed by atoms with Crippen LogP contribution in [0.2, 0.25) is 0 Å². The van der Waals surface area contributed by atoms with Gasteiger partial charge in [0.25, 0.3) is 0 Å². The number of nitrogens with one attached hydrogen (secondary N) is 1. The van der Waals surface area contributed by atoms with E-state index in [9.17, 15) is 0 Å². The highest BCUT2D eigenvalue weighted by molar-refractivity contribution is 7.99. The molecular weight excluding hydrogens is 264 g/mol. The van der Waals surface area contributed by atoms with E-state index < -0.39 is 0 Å². The number of piperazine rings is 1. The van der Waals surface area contributed by atoms with Crippen LogP contribution in [0.1, 0.15) is 60.8 Å². The normalized spacial score (nSPS) is 24.0. The van der Waals surface area contributed by atoms with Gasteiger partial charge in [0.1, 0.15) is 0 Å². The van der Waals surface area contributed by atoms with Gasteiger partial charge in [-0.3, -0.25) is 4.90 Å². The van der Waals surface area contributed by atoms with E-state index in [0.717, 1.165) is 6.54 Å². The van der Waals surface area contributed by atoms with Crippen LogP contribution in [0, 0.1) is 5.41 Å². The second-order valence-electron chi connectivity index (χ2n) is 7.27. The van der Waals surface area contributed by atoms with Crippen LogP contribution in [0.4, 0.5) is 0 Å². The third kappa shape index (κ3) is 4.92. The number of nitrogens with zero attached hydrogens (tertiary/aromatic N) is 1. The molecule has 1 fully saturated rings. The van der Waals surface area contributed by atoms with Crippen molar-refractivity contribution in [1.29, 1.82) is 0 Å². The predicted molar refractivity (Wildman–Crippen MR) is 93.7 cm³/mol. The van der Waals surface area contributed by atoms with Crippen molar-refractivity contribution in [2.75, 3.05) is 31.1 Å². The van der Waals surface area contributed by atoms with Gasteiger partial charge in [-0.2, -0.15) is 11.8 Å². The SMILES string of the molecule is CCSCCCN1CC(CC)(CC)NCC1C(C)(C)C. The van der Waals surface area contributed by atoms with E-state index in [-0.39, 0.29) is 0 Å². The topological polar surface area (TPSA) is 15.3 Å². The van der Waals surface area contributed by atoms with E-state index in [1.54, 1.807) is 0 Å². The van der Waals surface area contributed by atoms with Crippen LogP contribution in [-0.2, 0) is 0 Å². The molecule has 0 aromatic carbocycles. The second kappa shape index (κ2) is 8.05. The summed E-state index contributed by atoms with van der Waals surface area (Å²) < 4.78 is 0. The Kier molecular flexibility index (Phi) is 7.37. The average Bonchev–Trinajstić information content (AvgIpc) is 2.42. The standard InChI is InChI=1S/C17H36N2S/c1-7-17(8-2)14-19(11-10-12-20-9-3)15(13-18-17)16(4,5)6/h15,18H,7-14H2,1-6H3. The maximum atomic E-state index is 3.87. The molecule has 2 nitrogen and oxygen atoms in total. The summed E-state index contributed by atoms with van der Waals surface area (Å²) in [6.07, 6.45) is 3.80. The molecule has 1 saturated heterocycles. The molecule has 0 bridgehead atoms. The highest BCUT2D eigenvalue weighted by Gasteiger charge is 2.40. The Morgan fingerprint density at radius 1 is 1.20 bits per heavy atom. The zero-order valence-electron chi connectivity index (χ0n) is 14.6. The number of rotatable bonds is 7. The Morgan fingerprint density at radius 3 is 2.35 bits per heavy atom. The molecule has 1 aliphatic rings. The van der Waals surface area contributed by atoms with Crippen LogP contribution in [0.15, 0.2) is 0 Å². The van der Waals surface area contributed by atoms with Crippen molar-refractivity contribution in [3.63, 3.8) is 0 Å². The van der Waals surface area contributed by atoms with E-state index in [1.807, 2.05) is 0 Å². The van der Waals surface area contributed by atoms with Crippen molar-refractivity contribution in [3.05, 3.63) is 0 Å². The minimum Gasteiger partial charge on any atom is -0.308 e. The molecule has 1 unspecified atom stereocenters. The summed E-state index contributed by atoms with van der Waals surface area (Å²) in [5.41, 5.74) is 0.707. The van der Waals surface area contributed by atoms with Crippen LogP contribution in [0.5, 0.6) is 0 Å². The lowest BCUT2D eigenvalue weighted by Crippen LogP contribution is -2.66. The molecule has 20 heavy (non-hydrogen) atoms. The molecule has 120 valence electrons. The number of hydrogen-bond acceptors (Lipinski definition) is 3. The predicted octanol–water partition coefficient (Wildman–Crippen LogP) is 4.01. The molecule has 1 rings (SSSR count). The minimum atomic E-state index is 0.347. The van der Waals surface area contributed by atoms with Crippen LogP contribution in [0.3, 0.4) is 0 Å². The molecule has 0 radical (unpaired) electrons. The highest BCUT2D eigenvalue weighted by Crippen LogP contribution is 2.31. The van der Waals surface area contributed by atoms with Gasteiger partial charge in [-0.25, -0.2) is 0 Å². The molecule has 3 heteroatoms. The summed E-state index contributed by atoms with van der Waals surface area (Å²) in [7, 11) is 0. The van der Waals surface area contributed by atoms with Crippen molar-refractivity contribution in [1.82, 2.24) is 10.2 Å². The quantitative estimate of drug-likeness (QED) is 0.715. The average molecular weight is 301 g/mol. The summed E-state index contributed by atoms with van der Waals surface area (Å²) in [5, 5.41) is 3.87.